The van der Waals surface area contributed by atoms with E-state index >= 15 is 0 Å². The van der Waals surface area contributed by atoms with Gasteiger partial charge in [-0.3, -0.25) is 0 Å². The molecule has 0 aliphatic carbocycles. The maximum Gasteiger partial charge on any atom is 0.125 e. The molecule has 0 radical (unpaired) electrons. The second-order valence-corrected chi connectivity index (χ2v) is 8.03. The van der Waals surface area contributed by atoms with Gasteiger partial charge in [0, 0.05) is 23.5 Å². The molecule has 0 amide bonds. The molecule has 1 aromatic rings. The first kappa shape index (κ1) is 15.7. The molecule has 0 unspecified atom stereocenters. The molecule has 0 bridgehead atoms. The Morgan fingerprint density at radius 1 is 1.20 bits per heavy atom. The molecule has 0 fully saturated rings. The normalized spacial score (nSPS) is 15.1. The van der Waals surface area contributed by atoms with Crippen LogP contribution in [0, 0.1) is 5.41 Å². The first-order valence-electron chi connectivity index (χ1n) is 7.35. The third-order valence-electron chi connectivity index (χ3n) is 3.59. The third-order valence-corrected chi connectivity index (χ3v) is 3.81. The van der Waals surface area contributed by atoms with E-state index in [-0.39, 0.29) is 11.0 Å². The molecule has 1 N–H and O–H groups in total. The highest BCUT2D eigenvalue weighted by Gasteiger charge is 2.25. The Kier molecular flexibility index (Phi) is 4.36. The SMILES string of the molecule is CC(C)(CNC(C)(C)C)Cc1cc(Cl)cc2c1OCC2. The van der Waals surface area contributed by atoms with Crippen molar-refractivity contribution in [2.75, 3.05) is 13.2 Å². The van der Waals surface area contributed by atoms with E-state index in [1.807, 2.05) is 6.07 Å². The first-order valence-corrected chi connectivity index (χ1v) is 7.73. The van der Waals surface area contributed by atoms with Gasteiger partial charge in [0.15, 0.2) is 0 Å². The summed E-state index contributed by atoms with van der Waals surface area (Å²) in [4.78, 5) is 0. The van der Waals surface area contributed by atoms with Crippen LogP contribution in [0.3, 0.4) is 0 Å². The summed E-state index contributed by atoms with van der Waals surface area (Å²) in [6.07, 6.45) is 1.95. The predicted molar refractivity (Wildman–Crippen MR) is 85.9 cm³/mol. The molecule has 112 valence electrons. The summed E-state index contributed by atoms with van der Waals surface area (Å²) in [5.41, 5.74) is 2.81. The summed E-state index contributed by atoms with van der Waals surface area (Å²) >= 11 is 6.24. The standard InChI is InChI=1S/C17H26ClNO/c1-16(2,3)19-11-17(4,5)10-13-9-14(18)8-12-6-7-20-15(12)13/h8-9,19H,6-7,10-11H2,1-5H3. The highest BCUT2D eigenvalue weighted by molar-refractivity contribution is 6.30. The number of hydrogen-bond acceptors (Lipinski definition) is 2. The molecule has 0 atom stereocenters. The van der Waals surface area contributed by atoms with Crippen LogP contribution in [0.2, 0.25) is 5.02 Å². The Labute approximate surface area is 127 Å². The van der Waals surface area contributed by atoms with E-state index in [2.05, 4.69) is 46.0 Å². The zero-order valence-corrected chi connectivity index (χ0v) is 14.0. The number of fused-ring (bicyclic) bond motifs is 1. The smallest absolute Gasteiger partial charge is 0.125 e. The maximum atomic E-state index is 6.24. The van der Waals surface area contributed by atoms with Crippen molar-refractivity contribution >= 4 is 11.6 Å². The highest BCUT2D eigenvalue weighted by Crippen LogP contribution is 2.36. The number of nitrogens with one attached hydrogen (secondary N) is 1. The van der Waals surface area contributed by atoms with Gasteiger partial charge in [-0.25, -0.2) is 0 Å². The fourth-order valence-corrected chi connectivity index (χ4v) is 2.82. The second-order valence-electron chi connectivity index (χ2n) is 7.60. The molecule has 20 heavy (non-hydrogen) atoms. The van der Waals surface area contributed by atoms with Crippen LogP contribution in [0.5, 0.6) is 5.75 Å². The van der Waals surface area contributed by atoms with Gasteiger partial charge in [-0.2, -0.15) is 0 Å². The number of rotatable bonds is 4. The monoisotopic (exact) mass is 295 g/mol. The summed E-state index contributed by atoms with van der Waals surface area (Å²) < 4.78 is 5.80. The van der Waals surface area contributed by atoms with Gasteiger partial charge in [0.2, 0.25) is 0 Å². The van der Waals surface area contributed by atoms with Gasteiger partial charge in [-0.05, 0) is 55.9 Å². The van der Waals surface area contributed by atoms with Crippen molar-refractivity contribution in [3.8, 4) is 5.75 Å². The lowest BCUT2D eigenvalue weighted by atomic mass is 9.84. The fourth-order valence-electron chi connectivity index (χ4n) is 2.56. The molecule has 0 saturated heterocycles. The van der Waals surface area contributed by atoms with Crippen molar-refractivity contribution < 1.29 is 4.74 Å². The molecule has 0 aromatic heterocycles. The number of ether oxygens (including phenoxy) is 1. The Morgan fingerprint density at radius 3 is 2.55 bits per heavy atom. The van der Waals surface area contributed by atoms with Crippen molar-refractivity contribution in [3.63, 3.8) is 0 Å². The van der Waals surface area contributed by atoms with Gasteiger partial charge in [-0.15, -0.1) is 0 Å². The Balaban J connectivity index is 2.13. The lowest BCUT2D eigenvalue weighted by molar-refractivity contribution is 0.283. The van der Waals surface area contributed by atoms with Gasteiger partial charge in [0.1, 0.15) is 5.75 Å². The summed E-state index contributed by atoms with van der Waals surface area (Å²) in [5, 5.41) is 4.41. The molecule has 1 aromatic carbocycles. The minimum absolute atomic E-state index is 0.143. The molecule has 0 spiro atoms. The average molecular weight is 296 g/mol. The van der Waals surface area contributed by atoms with Gasteiger partial charge in [0.25, 0.3) is 0 Å². The van der Waals surface area contributed by atoms with Crippen LogP contribution in [0.4, 0.5) is 0 Å². The zero-order chi connectivity index (χ0) is 15.0. The third kappa shape index (κ3) is 4.13. The lowest BCUT2D eigenvalue weighted by Crippen LogP contribution is -2.42. The van der Waals surface area contributed by atoms with Crippen molar-refractivity contribution in [2.24, 2.45) is 5.41 Å². The van der Waals surface area contributed by atoms with Crippen LogP contribution in [-0.4, -0.2) is 18.7 Å². The van der Waals surface area contributed by atoms with Gasteiger partial charge < -0.3 is 10.1 Å². The summed E-state index contributed by atoms with van der Waals surface area (Å²) in [5.74, 6) is 1.07. The summed E-state index contributed by atoms with van der Waals surface area (Å²) in [7, 11) is 0. The van der Waals surface area contributed by atoms with Crippen LogP contribution >= 0.6 is 11.6 Å². The highest BCUT2D eigenvalue weighted by atomic mass is 35.5. The molecule has 1 heterocycles. The molecule has 2 nitrogen and oxygen atoms in total. The Hall–Kier alpha value is -0.730. The van der Waals surface area contributed by atoms with E-state index in [4.69, 9.17) is 16.3 Å². The molecular weight excluding hydrogens is 270 g/mol. The molecule has 2 rings (SSSR count). The molecule has 3 heteroatoms. The van der Waals surface area contributed by atoms with Crippen LogP contribution in [0.25, 0.3) is 0 Å². The van der Waals surface area contributed by atoms with Crippen molar-refractivity contribution in [2.45, 2.75) is 53.0 Å². The minimum atomic E-state index is 0.143. The number of halogens is 1. The molecule has 1 aliphatic heterocycles. The first-order chi connectivity index (χ1) is 9.16. The second kappa shape index (κ2) is 5.57. The van der Waals surface area contributed by atoms with E-state index in [9.17, 15) is 0 Å². The molecule has 1 aliphatic rings. The van der Waals surface area contributed by atoms with E-state index in [0.717, 1.165) is 36.8 Å². The minimum Gasteiger partial charge on any atom is -0.493 e. The predicted octanol–water partition coefficient (Wildman–Crippen LogP) is 4.23. The van der Waals surface area contributed by atoms with Crippen molar-refractivity contribution in [1.82, 2.24) is 5.32 Å². The van der Waals surface area contributed by atoms with E-state index in [1.54, 1.807) is 0 Å². The van der Waals surface area contributed by atoms with Gasteiger partial charge in [-0.1, -0.05) is 25.4 Å². The molecule has 0 saturated carbocycles. The largest absolute Gasteiger partial charge is 0.493 e. The lowest BCUT2D eigenvalue weighted by Gasteiger charge is -2.31. The average Bonchev–Trinajstić information content (AvgIpc) is 2.73. The summed E-state index contributed by atoms with van der Waals surface area (Å²) in [6, 6.07) is 4.10. The van der Waals surface area contributed by atoms with Gasteiger partial charge >= 0.3 is 0 Å². The van der Waals surface area contributed by atoms with E-state index in [1.165, 1.54) is 11.1 Å². The topological polar surface area (TPSA) is 21.3 Å². The maximum absolute atomic E-state index is 6.24. The van der Waals surface area contributed by atoms with E-state index in [0.29, 0.717) is 0 Å². The quantitative estimate of drug-likeness (QED) is 0.897. The molecular formula is C17H26ClNO. The Bertz CT molecular complexity index is 488. The Morgan fingerprint density at radius 2 is 1.90 bits per heavy atom. The van der Waals surface area contributed by atoms with Crippen molar-refractivity contribution in [3.05, 3.63) is 28.3 Å². The van der Waals surface area contributed by atoms with Gasteiger partial charge in [0.05, 0.1) is 6.61 Å². The summed E-state index contributed by atoms with van der Waals surface area (Å²) in [6.45, 7) is 12.9. The van der Waals surface area contributed by atoms with Crippen molar-refractivity contribution in [1.29, 1.82) is 0 Å². The zero-order valence-electron chi connectivity index (χ0n) is 13.3. The number of hydrogen-bond donors (Lipinski definition) is 1. The fraction of sp³-hybridized carbons (Fsp3) is 0.647. The van der Waals surface area contributed by atoms with Crippen LogP contribution in [0.15, 0.2) is 12.1 Å². The van der Waals surface area contributed by atoms with Crippen LogP contribution < -0.4 is 10.1 Å². The van der Waals surface area contributed by atoms with Crippen LogP contribution in [-0.2, 0) is 12.8 Å². The van der Waals surface area contributed by atoms with Crippen LogP contribution in [0.1, 0.15) is 45.7 Å². The van der Waals surface area contributed by atoms with E-state index < -0.39 is 0 Å². The number of benzene rings is 1.